The molecule has 6 heteroatoms. The average Bonchev–Trinajstić information content (AvgIpc) is 3.04. The maximum absolute atomic E-state index is 13.5. The molecule has 4 rings (SSSR count). The summed E-state index contributed by atoms with van der Waals surface area (Å²) in [7, 11) is 0. The zero-order chi connectivity index (χ0) is 23.3. The molecule has 0 fully saturated rings. The molecule has 1 unspecified atom stereocenters. The highest BCUT2D eigenvalue weighted by molar-refractivity contribution is 7.91. The second kappa shape index (κ2) is 8.16. The fourth-order valence-corrected chi connectivity index (χ4v) is 5.03. The van der Waals surface area contributed by atoms with E-state index in [0.29, 0.717) is 23.2 Å². The molecule has 0 aliphatic carbocycles. The fraction of sp³-hybridized carbons (Fsp3) is 0.423. The van der Waals surface area contributed by atoms with Gasteiger partial charge in [0.25, 0.3) is 5.56 Å². The van der Waals surface area contributed by atoms with Crippen molar-refractivity contribution in [2.45, 2.75) is 71.1 Å². The molecule has 0 bridgehead atoms. The van der Waals surface area contributed by atoms with Gasteiger partial charge in [0.05, 0.1) is 16.6 Å². The smallest absolute Gasteiger partial charge is 0.261 e. The molecule has 0 spiro atoms. The van der Waals surface area contributed by atoms with Crippen LogP contribution < -0.4 is 5.56 Å². The second-order valence-electron chi connectivity index (χ2n) is 10.1. The number of hydrogen-bond donors (Lipinski definition) is 0. The van der Waals surface area contributed by atoms with Crippen LogP contribution in [0.15, 0.2) is 51.7 Å². The zero-order valence-corrected chi connectivity index (χ0v) is 20.5. The molecule has 168 valence electrons. The third-order valence-corrected chi connectivity index (χ3v) is 7.69. The Morgan fingerprint density at radius 3 is 2.59 bits per heavy atom. The number of aromatic nitrogens is 2. The number of hydrogen-bond acceptors (Lipinski definition) is 4. The van der Waals surface area contributed by atoms with Gasteiger partial charge >= 0.3 is 0 Å². The Hall–Kier alpha value is -2.44. The van der Waals surface area contributed by atoms with E-state index in [4.69, 9.17) is 4.98 Å². The lowest BCUT2D eigenvalue weighted by atomic mass is 9.81. The Kier molecular flexibility index (Phi) is 5.80. The minimum Gasteiger partial charge on any atom is -0.591 e. The highest BCUT2D eigenvalue weighted by Gasteiger charge is 2.38. The van der Waals surface area contributed by atoms with Gasteiger partial charge < -0.3 is 4.55 Å². The van der Waals surface area contributed by atoms with Crippen LogP contribution in [0, 0.1) is 6.92 Å². The van der Waals surface area contributed by atoms with Crippen molar-refractivity contribution in [2.75, 3.05) is 0 Å². The van der Waals surface area contributed by atoms with Crippen molar-refractivity contribution in [1.82, 2.24) is 9.55 Å². The molecular formula is C26H31N3O2S. The van der Waals surface area contributed by atoms with Gasteiger partial charge in [0.2, 0.25) is 0 Å². The van der Waals surface area contributed by atoms with Crippen LogP contribution in [0.25, 0.3) is 10.9 Å². The van der Waals surface area contributed by atoms with Crippen molar-refractivity contribution in [2.24, 2.45) is 4.40 Å². The summed E-state index contributed by atoms with van der Waals surface area (Å²) in [5.41, 5.74) is 4.06. The summed E-state index contributed by atoms with van der Waals surface area (Å²) < 4.78 is 18.5. The molecular weight excluding hydrogens is 418 g/mol. The maximum atomic E-state index is 13.5. The fourth-order valence-electron chi connectivity index (χ4n) is 4.41. The summed E-state index contributed by atoms with van der Waals surface area (Å²) in [6.45, 7) is 12.4. The Morgan fingerprint density at radius 2 is 1.94 bits per heavy atom. The van der Waals surface area contributed by atoms with Crippen molar-refractivity contribution in [3.63, 3.8) is 0 Å². The van der Waals surface area contributed by atoms with Crippen LogP contribution in [0.5, 0.6) is 0 Å². The molecule has 32 heavy (non-hydrogen) atoms. The topological polar surface area (TPSA) is 70.3 Å². The van der Waals surface area contributed by atoms with Crippen molar-refractivity contribution in [3.8, 4) is 0 Å². The largest absolute Gasteiger partial charge is 0.591 e. The summed E-state index contributed by atoms with van der Waals surface area (Å²) in [6.07, 6.45) is 1.70. The molecule has 1 aliphatic rings. The molecule has 1 aromatic heterocycles. The first-order valence-electron chi connectivity index (χ1n) is 11.1. The number of benzene rings is 2. The third-order valence-electron chi connectivity index (χ3n) is 6.20. The normalized spacial score (nSPS) is 19.9. The minimum atomic E-state index is -1.39. The Bertz CT molecular complexity index is 1260. The van der Waals surface area contributed by atoms with Crippen molar-refractivity contribution >= 4 is 28.0 Å². The van der Waals surface area contributed by atoms with E-state index in [0.717, 1.165) is 29.8 Å². The lowest BCUT2D eigenvalue weighted by molar-refractivity contribution is 0.456. The van der Waals surface area contributed by atoms with Gasteiger partial charge in [-0.1, -0.05) is 41.7 Å². The highest BCUT2D eigenvalue weighted by Crippen LogP contribution is 2.36. The van der Waals surface area contributed by atoms with Crippen LogP contribution in [0.4, 0.5) is 0 Å². The lowest BCUT2D eigenvalue weighted by Gasteiger charge is -2.24. The van der Waals surface area contributed by atoms with Gasteiger partial charge in [-0.25, -0.2) is 4.98 Å². The predicted octanol–water partition coefficient (Wildman–Crippen LogP) is 4.88. The van der Waals surface area contributed by atoms with E-state index in [1.807, 2.05) is 69.5 Å². The third kappa shape index (κ3) is 4.14. The van der Waals surface area contributed by atoms with Crippen LogP contribution in [0.1, 0.15) is 63.6 Å². The summed E-state index contributed by atoms with van der Waals surface area (Å²) in [5.74, 6) is 0.827. The molecule has 2 aromatic carbocycles. The molecule has 2 heterocycles. The SMILES string of the molecule is CC(=N[S@+]([O-])C(C)(C)C)c1cc(C)cc2c(=O)n3c(nc12)C(C)(Cc1ccccc1)CC3. The standard InChI is InChI=1S/C26H31N3O2S/c1-17-14-20(18(2)28-32(31)25(3,4)5)22-21(15-17)23(30)29-13-12-26(6,24(29)27-22)16-19-10-8-7-9-11-19/h7-11,14-15H,12-13,16H2,1-6H3/t26?,32-/m1/s1. The molecule has 3 aromatic rings. The van der Waals surface area contributed by atoms with Gasteiger partial charge in [-0.05, 0) is 70.7 Å². The van der Waals surface area contributed by atoms with Crippen LogP contribution in [0.2, 0.25) is 0 Å². The quantitative estimate of drug-likeness (QED) is 0.421. The van der Waals surface area contributed by atoms with E-state index >= 15 is 0 Å². The molecule has 5 nitrogen and oxygen atoms in total. The molecule has 0 N–H and O–H groups in total. The van der Waals surface area contributed by atoms with Crippen molar-refractivity contribution in [1.29, 1.82) is 0 Å². The van der Waals surface area contributed by atoms with E-state index < -0.39 is 16.1 Å². The first-order valence-corrected chi connectivity index (χ1v) is 12.2. The van der Waals surface area contributed by atoms with E-state index in [2.05, 4.69) is 23.5 Å². The molecule has 1 aliphatic heterocycles. The summed E-state index contributed by atoms with van der Waals surface area (Å²) in [5, 5.41) is 0.601. The van der Waals surface area contributed by atoms with Crippen LogP contribution in [0.3, 0.4) is 0 Å². The van der Waals surface area contributed by atoms with Crippen LogP contribution >= 0.6 is 0 Å². The summed E-state index contributed by atoms with van der Waals surface area (Å²) >= 11 is -1.39. The average molecular weight is 450 g/mol. The van der Waals surface area contributed by atoms with Gasteiger partial charge in [0.15, 0.2) is 0 Å². The Labute approximate surface area is 192 Å². The molecule has 0 saturated carbocycles. The van der Waals surface area contributed by atoms with Crippen LogP contribution in [-0.4, -0.2) is 24.6 Å². The van der Waals surface area contributed by atoms with Crippen LogP contribution in [-0.2, 0) is 29.7 Å². The monoisotopic (exact) mass is 449 g/mol. The van der Waals surface area contributed by atoms with E-state index in [1.165, 1.54) is 5.56 Å². The van der Waals surface area contributed by atoms with Crippen molar-refractivity contribution < 1.29 is 4.55 Å². The van der Waals surface area contributed by atoms with Gasteiger partial charge in [0, 0.05) is 17.5 Å². The molecule has 0 saturated heterocycles. The van der Waals surface area contributed by atoms with Gasteiger partial charge in [-0.3, -0.25) is 9.36 Å². The van der Waals surface area contributed by atoms with E-state index in [9.17, 15) is 9.35 Å². The molecule has 0 amide bonds. The number of rotatable bonds is 4. The second-order valence-corrected chi connectivity index (χ2v) is 12.0. The van der Waals surface area contributed by atoms with Gasteiger partial charge in [-0.15, -0.1) is 0 Å². The van der Waals surface area contributed by atoms with E-state index in [-0.39, 0.29) is 11.0 Å². The number of aryl methyl sites for hydroxylation is 1. The number of fused-ring (bicyclic) bond motifs is 2. The predicted molar refractivity (Wildman–Crippen MR) is 133 cm³/mol. The van der Waals surface area contributed by atoms with Crippen molar-refractivity contribution in [3.05, 3.63) is 75.3 Å². The maximum Gasteiger partial charge on any atom is 0.261 e. The lowest BCUT2D eigenvalue weighted by Crippen LogP contribution is -2.29. The zero-order valence-electron chi connectivity index (χ0n) is 19.7. The summed E-state index contributed by atoms with van der Waals surface area (Å²) in [4.78, 5) is 18.6. The van der Waals surface area contributed by atoms with E-state index in [1.54, 1.807) is 0 Å². The molecule has 2 atom stereocenters. The molecule has 0 radical (unpaired) electrons. The first kappa shape index (κ1) is 22.7. The summed E-state index contributed by atoms with van der Waals surface area (Å²) in [6, 6.07) is 14.3. The highest BCUT2D eigenvalue weighted by atomic mass is 32.2. The Balaban J connectivity index is 1.89. The first-order chi connectivity index (χ1) is 15.0. The Morgan fingerprint density at radius 1 is 1.25 bits per heavy atom. The van der Waals surface area contributed by atoms with Gasteiger partial charge in [0.1, 0.15) is 21.9 Å². The minimum absolute atomic E-state index is 0.00326. The van der Waals surface area contributed by atoms with Gasteiger partial charge in [-0.2, -0.15) is 0 Å². The number of nitrogens with zero attached hydrogens (tertiary/aromatic N) is 3.